The minimum absolute atomic E-state index is 0. The topological polar surface area (TPSA) is 93.4 Å². The summed E-state index contributed by atoms with van der Waals surface area (Å²) in [6, 6.07) is 4.29. The summed E-state index contributed by atoms with van der Waals surface area (Å²) in [5, 5.41) is 5.25. The van der Waals surface area contributed by atoms with Gasteiger partial charge in [-0.25, -0.2) is 4.39 Å². The lowest BCUT2D eigenvalue weighted by molar-refractivity contribution is -0.123. The number of benzene rings is 1. The van der Waals surface area contributed by atoms with Crippen LogP contribution < -0.4 is 16.4 Å². The van der Waals surface area contributed by atoms with Gasteiger partial charge in [-0.2, -0.15) is 0 Å². The Morgan fingerprint density at radius 2 is 1.96 bits per heavy atom. The van der Waals surface area contributed by atoms with Crippen molar-refractivity contribution in [2.24, 2.45) is 5.73 Å². The molecule has 0 radical (unpaired) electrons. The van der Waals surface area contributed by atoms with E-state index >= 15 is 0 Å². The number of ether oxygens (including phenoxy) is 1. The Hall–Kier alpha value is -1.70. The Morgan fingerprint density at radius 3 is 2.52 bits per heavy atom. The molecule has 0 aliphatic heterocycles. The van der Waals surface area contributed by atoms with E-state index in [1.165, 1.54) is 13.2 Å². The number of nitrogens with one attached hydrogen (secondary N) is 2. The monoisotopic (exact) mass is 347 g/mol. The van der Waals surface area contributed by atoms with Crippen LogP contribution >= 0.6 is 12.4 Å². The average Bonchev–Trinajstić information content (AvgIpc) is 2.51. The second-order valence-electron chi connectivity index (χ2n) is 4.87. The van der Waals surface area contributed by atoms with E-state index in [-0.39, 0.29) is 61.9 Å². The van der Waals surface area contributed by atoms with Crippen LogP contribution in [-0.4, -0.2) is 44.7 Å². The number of hydrogen-bond donors (Lipinski definition) is 3. The van der Waals surface area contributed by atoms with Gasteiger partial charge in [0.1, 0.15) is 5.82 Å². The molecule has 0 heterocycles. The molecule has 0 fully saturated rings. The smallest absolute Gasteiger partial charge is 0.251 e. The maximum atomic E-state index is 13.4. The fourth-order valence-corrected chi connectivity index (χ4v) is 1.76. The van der Waals surface area contributed by atoms with Crippen LogP contribution in [0.4, 0.5) is 4.39 Å². The predicted octanol–water partition coefficient (Wildman–Crippen LogP) is 0.766. The van der Waals surface area contributed by atoms with Crippen LogP contribution in [-0.2, 0) is 9.53 Å². The molecule has 0 aliphatic rings. The van der Waals surface area contributed by atoms with E-state index in [1.54, 1.807) is 19.1 Å². The molecule has 8 heteroatoms. The van der Waals surface area contributed by atoms with Gasteiger partial charge in [0.2, 0.25) is 5.91 Å². The third-order valence-corrected chi connectivity index (χ3v) is 3.18. The Morgan fingerprint density at radius 1 is 1.30 bits per heavy atom. The van der Waals surface area contributed by atoms with E-state index < -0.39 is 5.82 Å². The van der Waals surface area contributed by atoms with Gasteiger partial charge in [-0.05, 0) is 24.6 Å². The Kier molecular flexibility index (Phi) is 10.1. The number of rotatable bonds is 8. The second kappa shape index (κ2) is 10.9. The minimum Gasteiger partial charge on any atom is -0.380 e. The lowest BCUT2D eigenvalue weighted by Gasteiger charge is -2.12. The molecule has 1 aromatic rings. The number of carbonyl (C=O) groups is 2. The first kappa shape index (κ1) is 21.3. The molecule has 0 aromatic heterocycles. The molecule has 1 aromatic carbocycles. The van der Waals surface area contributed by atoms with Gasteiger partial charge in [-0.1, -0.05) is 6.07 Å². The molecule has 0 saturated heterocycles. The van der Waals surface area contributed by atoms with Crippen LogP contribution in [0.5, 0.6) is 0 Å². The van der Waals surface area contributed by atoms with Crippen LogP contribution in [0.2, 0.25) is 0 Å². The molecule has 0 spiro atoms. The van der Waals surface area contributed by atoms with Crippen molar-refractivity contribution in [3.8, 4) is 0 Å². The number of halogens is 2. The maximum Gasteiger partial charge on any atom is 0.251 e. The normalized spacial score (nSPS) is 11.3. The fourth-order valence-electron chi connectivity index (χ4n) is 1.76. The van der Waals surface area contributed by atoms with Crippen molar-refractivity contribution in [2.75, 3.05) is 26.7 Å². The summed E-state index contributed by atoms with van der Waals surface area (Å²) in [6.07, 6.45) is -0.144. The summed E-state index contributed by atoms with van der Waals surface area (Å²) in [5.41, 5.74) is 6.15. The molecule has 4 N–H and O–H groups in total. The molecule has 1 atom stereocenters. The van der Waals surface area contributed by atoms with E-state index in [9.17, 15) is 14.0 Å². The van der Waals surface area contributed by atoms with Gasteiger partial charge >= 0.3 is 0 Å². The molecule has 6 nitrogen and oxygen atoms in total. The van der Waals surface area contributed by atoms with Gasteiger partial charge in [0, 0.05) is 32.3 Å². The van der Waals surface area contributed by atoms with Gasteiger partial charge < -0.3 is 21.1 Å². The Balaban J connectivity index is 0.00000484. The number of nitrogens with two attached hydrogens (primary N) is 1. The molecule has 1 unspecified atom stereocenters. The van der Waals surface area contributed by atoms with Crippen LogP contribution in [0.3, 0.4) is 0 Å². The van der Waals surface area contributed by atoms with Crippen LogP contribution in [0.15, 0.2) is 18.2 Å². The first-order valence-corrected chi connectivity index (χ1v) is 7.01. The molecule has 1 rings (SSSR count). The zero-order valence-corrected chi connectivity index (χ0v) is 14.0. The Bertz CT molecular complexity index is 525. The summed E-state index contributed by atoms with van der Waals surface area (Å²) in [6.45, 7) is 2.42. The van der Waals surface area contributed by atoms with E-state index in [0.717, 1.165) is 0 Å². The third-order valence-electron chi connectivity index (χ3n) is 3.18. The highest BCUT2D eigenvalue weighted by atomic mass is 35.5. The lowest BCUT2D eigenvalue weighted by Crippen LogP contribution is -2.37. The van der Waals surface area contributed by atoms with Crippen molar-refractivity contribution in [1.82, 2.24) is 10.6 Å². The zero-order valence-electron chi connectivity index (χ0n) is 13.2. The SMILES string of the molecule is COC(CN)CC(=O)NCCNC(=O)c1ccc(C)c(F)c1.Cl. The molecule has 0 aliphatic carbocycles. The number of aryl methyl sites for hydroxylation is 1. The highest BCUT2D eigenvalue weighted by Gasteiger charge is 2.11. The van der Waals surface area contributed by atoms with Crippen LogP contribution in [0.25, 0.3) is 0 Å². The summed E-state index contributed by atoms with van der Waals surface area (Å²) < 4.78 is 18.4. The third kappa shape index (κ3) is 7.40. The van der Waals surface area contributed by atoms with Gasteiger partial charge in [-0.3, -0.25) is 9.59 Å². The minimum atomic E-state index is -0.423. The highest BCUT2D eigenvalue weighted by Crippen LogP contribution is 2.08. The van der Waals surface area contributed by atoms with E-state index in [0.29, 0.717) is 5.56 Å². The molecular weight excluding hydrogens is 325 g/mol. The fraction of sp³-hybridized carbons (Fsp3) is 0.467. The van der Waals surface area contributed by atoms with E-state index in [2.05, 4.69) is 10.6 Å². The molecule has 2 amide bonds. The number of carbonyl (C=O) groups excluding carboxylic acids is 2. The zero-order chi connectivity index (χ0) is 16.5. The van der Waals surface area contributed by atoms with Crippen LogP contribution in [0, 0.1) is 12.7 Å². The largest absolute Gasteiger partial charge is 0.380 e. The van der Waals surface area contributed by atoms with Crippen molar-refractivity contribution in [3.63, 3.8) is 0 Å². The maximum absolute atomic E-state index is 13.4. The molecule has 0 bridgehead atoms. The van der Waals surface area contributed by atoms with Crippen molar-refractivity contribution in [3.05, 3.63) is 35.1 Å². The summed E-state index contributed by atoms with van der Waals surface area (Å²) in [5.74, 6) is -1.01. The van der Waals surface area contributed by atoms with Gasteiger partial charge in [-0.15, -0.1) is 12.4 Å². The first-order valence-electron chi connectivity index (χ1n) is 7.01. The quantitative estimate of drug-likeness (QED) is 0.605. The number of methoxy groups -OCH3 is 1. The van der Waals surface area contributed by atoms with Crippen molar-refractivity contribution in [2.45, 2.75) is 19.4 Å². The van der Waals surface area contributed by atoms with Crippen molar-refractivity contribution in [1.29, 1.82) is 0 Å². The number of amides is 2. The molecule has 0 saturated carbocycles. The predicted molar refractivity (Wildman–Crippen MR) is 88.2 cm³/mol. The van der Waals surface area contributed by atoms with Crippen molar-refractivity contribution >= 4 is 24.2 Å². The lowest BCUT2D eigenvalue weighted by atomic mass is 10.1. The summed E-state index contributed by atoms with van der Waals surface area (Å²) in [4.78, 5) is 23.4. The number of hydrogen-bond acceptors (Lipinski definition) is 4. The van der Waals surface area contributed by atoms with Crippen LogP contribution in [0.1, 0.15) is 22.3 Å². The standard InChI is InChI=1S/C15H22FN3O3.ClH/c1-10-3-4-11(7-13(10)16)15(21)19-6-5-18-14(20)8-12(9-17)22-2;/h3-4,7,12H,5-6,8-9,17H2,1-2H3,(H,18,20)(H,19,21);1H. The van der Waals surface area contributed by atoms with Gasteiger partial charge in [0.05, 0.1) is 12.5 Å². The highest BCUT2D eigenvalue weighted by molar-refractivity contribution is 5.94. The first-order chi connectivity index (χ1) is 10.5. The van der Waals surface area contributed by atoms with Crippen molar-refractivity contribution < 1.29 is 18.7 Å². The van der Waals surface area contributed by atoms with Gasteiger partial charge in [0.15, 0.2) is 0 Å². The molecular formula is C15H23ClFN3O3. The molecule has 130 valence electrons. The van der Waals surface area contributed by atoms with Gasteiger partial charge in [0.25, 0.3) is 5.91 Å². The second-order valence-corrected chi connectivity index (χ2v) is 4.87. The van der Waals surface area contributed by atoms with E-state index in [4.69, 9.17) is 10.5 Å². The van der Waals surface area contributed by atoms with E-state index in [1.807, 2.05) is 0 Å². The summed E-state index contributed by atoms with van der Waals surface area (Å²) in [7, 11) is 1.49. The molecule has 23 heavy (non-hydrogen) atoms. The average molecular weight is 348 g/mol. The Labute approximate surface area is 141 Å². The summed E-state index contributed by atoms with van der Waals surface area (Å²) >= 11 is 0.